The second-order valence-electron chi connectivity index (χ2n) is 9.46. The number of methoxy groups -OCH3 is 4. The zero-order valence-corrected chi connectivity index (χ0v) is 27.1. The van der Waals surface area contributed by atoms with Gasteiger partial charge >= 0.3 is 0 Å². The maximum absolute atomic E-state index is 13.5. The van der Waals surface area contributed by atoms with E-state index in [0.29, 0.717) is 50.5 Å². The van der Waals surface area contributed by atoms with E-state index in [2.05, 4.69) is 16.0 Å². The maximum Gasteiger partial charge on any atom is 0.272 e. The summed E-state index contributed by atoms with van der Waals surface area (Å²) >= 11 is 7.51. The number of amides is 3. The molecular formula is C34H32ClN3O7S. The lowest BCUT2D eigenvalue weighted by molar-refractivity contribution is -0.114. The van der Waals surface area contributed by atoms with Crippen LogP contribution in [0.5, 0.6) is 23.0 Å². The second kappa shape index (κ2) is 16.3. The minimum atomic E-state index is -0.555. The van der Waals surface area contributed by atoms with Gasteiger partial charge in [0.05, 0.1) is 44.9 Å². The van der Waals surface area contributed by atoms with E-state index in [1.165, 1.54) is 46.3 Å². The number of thioether (sulfide) groups is 1. The summed E-state index contributed by atoms with van der Waals surface area (Å²) in [5.41, 5.74) is 1.81. The molecule has 0 saturated carbocycles. The predicted molar refractivity (Wildman–Crippen MR) is 180 cm³/mol. The van der Waals surface area contributed by atoms with Crippen LogP contribution < -0.4 is 34.9 Å². The number of carbonyl (C=O) groups is 3. The van der Waals surface area contributed by atoms with Gasteiger partial charge in [-0.2, -0.15) is 0 Å². The zero-order valence-electron chi connectivity index (χ0n) is 25.5. The highest BCUT2D eigenvalue weighted by atomic mass is 35.5. The van der Waals surface area contributed by atoms with E-state index in [1.54, 1.807) is 84.9 Å². The molecule has 3 amide bonds. The Hall–Kier alpha value is -5.13. The first-order chi connectivity index (χ1) is 22.3. The molecule has 4 aromatic rings. The fourth-order valence-electron chi connectivity index (χ4n) is 4.25. The third-order valence-corrected chi connectivity index (χ3v) is 7.80. The van der Waals surface area contributed by atoms with E-state index in [-0.39, 0.29) is 17.4 Å². The van der Waals surface area contributed by atoms with Gasteiger partial charge in [0, 0.05) is 27.8 Å². The number of hydrogen-bond acceptors (Lipinski definition) is 8. The Morgan fingerprint density at radius 1 is 0.761 bits per heavy atom. The van der Waals surface area contributed by atoms with Crippen molar-refractivity contribution in [1.29, 1.82) is 0 Å². The van der Waals surface area contributed by atoms with Crippen molar-refractivity contribution >= 4 is 58.5 Å². The molecule has 0 saturated heterocycles. The molecule has 0 bridgehead atoms. The number of rotatable bonds is 13. The maximum atomic E-state index is 13.5. The third kappa shape index (κ3) is 8.74. The lowest BCUT2D eigenvalue weighted by Gasteiger charge is -2.14. The number of nitrogens with one attached hydrogen (secondary N) is 3. The molecule has 46 heavy (non-hydrogen) atoms. The van der Waals surface area contributed by atoms with E-state index < -0.39 is 11.8 Å². The highest BCUT2D eigenvalue weighted by Gasteiger charge is 2.18. The van der Waals surface area contributed by atoms with Crippen molar-refractivity contribution in [3.05, 3.63) is 107 Å². The SMILES string of the molecule is COc1cc(OC)c(NC(=O)CSc2ccc(NC(=O)/C(=C/c3cccc(OC)c3OC)NC(=O)c3ccccc3)cc2)cc1Cl. The summed E-state index contributed by atoms with van der Waals surface area (Å²) in [4.78, 5) is 39.9. The van der Waals surface area contributed by atoms with Gasteiger partial charge in [0.1, 0.15) is 17.2 Å². The van der Waals surface area contributed by atoms with Crippen molar-refractivity contribution in [2.45, 2.75) is 4.90 Å². The summed E-state index contributed by atoms with van der Waals surface area (Å²) in [5.74, 6) is 0.557. The quantitative estimate of drug-likeness (QED) is 0.109. The number of carbonyl (C=O) groups excluding carboxylic acids is 3. The van der Waals surface area contributed by atoms with E-state index in [0.717, 1.165) is 4.90 Å². The Morgan fingerprint density at radius 3 is 2.11 bits per heavy atom. The Labute approximate surface area is 276 Å². The molecule has 0 fully saturated rings. The van der Waals surface area contributed by atoms with Gasteiger partial charge in [-0.25, -0.2) is 0 Å². The summed E-state index contributed by atoms with van der Waals surface area (Å²) in [6.45, 7) is 0. The molecule has 0 radical (unpaired) electrons. The number of benzene rings is 4. The van der Waals surface area contributed by atoms with E-state index >= 15 is 0 Å². The monoisotopic (exact) mass is 661 g/mol. The molecule has 10 nitrogen and oxygen atoms in total. The van der Waals surface area contributed by atoms with Crippen LogP contribution in [-0.4, -0.2) is 51.9 Å². The molecule has 0 atom stereocenters. The number of anilines is 2. The van der Waals surface area contributed by atoms with Crippen LogP contribution in [0.15, 0.2) is 95.5 Å². The minimum absolute atomic E-state index is 0.00964. The van der Waals surface area contributed by atoms with Crippen LogP contribution >= 0.6 is 23.4 Å². The molecule has 0 spiro atoms. The Balaban J connectivity index is 1.46. The van der Waals surface area contributed by atoms with Crippen LogP contribution in [0.2, 0.25) is 5.02 Å². The molecule has 0 unspecified atom stereocenters. The average molecular weight is 662 g/mol. The molecule has 0 aliphatic rings. The first-order valence-electron chi connectivity index (χ1n) is 13.8. The minimum Gasteiger partial charge on any atom is -0.495 e. The standard InChI is InChI=1S/C34H32ClN3O7S/c1-42-28-12-8-11-22(32(28)45-4)17-27(38-33(40)21-9-6-5-7-10-21)34(41)36-23-13-15-24(16-14-23)46-20-31(39)37-26-18-25(35)29(43-2)19-30(26)44-3/h5-19H,20H2,1-4H3,(H,36,41)(H,37,39)(H,38,40)/b27-17-. The third-order valence-electron chi connectivity index (χ3n) is 6.49. The number of ether oxygens (including phenoxy) is 4. The van der Waals surface area contributed by atoms with Crippen molar-refractivity contribution in [2.75, 3.05) is 44.8 Å². The van der Waals surface area contributed by atoms with Crippen molar-refractivity contribution in [3.63, 3.8) is 0 Å². The van der Waals surface area contributed by atoms with Gasteiger partial charge in [0.25, 0.3) is 11.8 Å². The van der Waals surface area contributed by atoms with Gasteiger partial charge in [-0.15, -0.1) is 11.8 Å². The predicted octanol–water partition coefficient (Wildman–Crippen LogP) is 6.51. The fraction of sp³-hybridized carbons (Fsp3) is 0.147. The molecule has 0 aliphatic carbocycles. The molecule has 238 valence electrons. The molecule has 0 aromatic heterocycles. The van der Waals surface area contributed by atoms with Crippen molar-refractivity contribution < 1.29 is 33.3 Å². The summed E-state index contributed by atoms with van der Waals surface area (Å²) in [6.07, 6.45) is 1.52. The van der Waals surface area contributed by atoms with Crippen molar-refractivity contribution in [2.24, 2.45) is 0 Å². The molecule has 4 rings (SSSR count). The largest absolute Gasteiger partial charge is 0.495 e. The Bertz CT molecular complexity index is 1730. The van der Waals surface area contributed by atoms with Gasteiger partial charge in [-0.05, 0) is 54.6 Å². The van der Waals surface area contributed by atoms with Crippen LogP contribution in [0.1, 0.15) is 15.9 Å². The highest BCUT2D eigenvalue weighted by Crippen LogP contribution is 2.36. The summed E-state index contributed by atoms with van der Waals surface area (Å²) in [5, 5.41) is 8.67. The topological polar surface area (TPSA) is 124 Å². The van der Waals surface area contributed by atoms with Gasteiger partial charge < -0.3 is 34.9 Å². The first kappa shape index (κ1) is 33.8. The molecule has 0 aliphatic heterocycles. The fourth-order valence-corrected chi connectivity index (χ4v) is 5.19. The van der Waals surface area contributed by atoms with E-state index in [1.807, 2.05) is 0 Å². The summed E-state index contributed by atoms with van der Waals surface area (Å²) in [6, 6.07) is 23.9. The average Bonchev–Trinajstić information content (AvgIpc) is 3.07. The van der Waals surface area contributed by atoms with Crippen LogP contribution in [0.3, 0.4) is 0 Å². The zero-order chi connectivity index (χ0) is 33.1. The van der Waals surface area contributed by atoms with Gasteiger partial charge in [0.2, 0.25) is 5.91 Å². The lowest BCUT2D eigenvalue weighted by atomic mass is 10.1. The lowest BCUT2D eigenvalue weighted by Crippen LogP contribution is -2.30. The van der Waals surface area contributed by atoms with Crippen LogP contribution in [-0.2, 0) is 9.59 Å². The summed E-state index contributed by atoms with van der Waals surface area (Å²) in [7, 11) is 5.98. The van der Waals surface area contributed by atoms with Gasteiger partial charge in [-0.1, -0.05) is 41.9 Å². The number of hydrogen-bond donors (Lipinski definition) is 3. The van der Waals surface area contributed by atoms with Crippen molar-refractivity contribution in [1.82, 2.24) is 5.32 Å². The van der Waals surface area contributed by atoms with E-state index in [9.17, 15) is 14.4 Å². The van der Waals surface area contributed by atoms with Gasteiger partial charge in [-0.3, -0.25) is 14.4 Å². The molecule has 0 heterocycles. The Kier molecular flexibility index (Phi) is 11.9. The van der Waals surface area contributed by atoms with Gasteiger partial charge in [0.15, 0.2) is 11.5 Å². The van der Waals surface area contributed by atoms with Crippen LogP contribution in [0, 0.1) is 0 Å². The number of halogens is 1. The molecule has 4 aromatic carbocycles. The first-order valence-corrected chi connectivity index (χ1v) is 15.2. The van der Waals surface area contributed by atoms with Crippen molar-refractivity contribution in [3.8, 4) is 23.0 Å². The van der Waals surface area contributed by atoms with Crippen LogP contribution in [0.4, 0.5) is 11.4 Å². The normalized spacial score (nSPS) is 10.8. The smallest absolute Gasteiger partial charge is 0.272 e. The molecule has 3 N–H and O–H groups in total. The van der Waals surface area contributed by atoms with Crippen LogP contribution in [0.25, 0.3) is 6.08 Å². The molecular weight excluding hydrogens is 630 g/mol. The highest BCUT2D eigenvalue weighted by molar-refractivity contribution is 8.00. The van der Waals surface area contributed by atoms with E-state index in [4.69, 9.17) is 30.5 Å². The second-order valence-corrected chi connectivity index (χ2v) is 10.9. The molecule has 12 heteroatoms. The summed E-state index contributed by atoms with van der Waals surface area (Å²) < 4.78 is 21.4. The number of para-hydroxylation sites is 1. The Morgan fingerprint density at radius 2 is 1.46 bits per heavy atom.